The molecule has 4 saturated carbocycles. The SMILES string of the molecule is O=C(COC12CC3CC(C1)CC(C(=O)OCCC(F)(F)C(F)(F)S(=O)(=O)O)(C3)C2)OCN1C(=O)c2ccccc2C1=O. The Hall–Kier alpha value is -3.11. The Kier molecular flexibility index (Phi) is 7.41. The lowest BCUT2D eigenvalue weighted by atomic mass is 9.48. The van der Waals surface area contributed by atoms with Gasteiger partial charge in [-0.05, 0) is 62.5 Å². The van der Waals surface area contributed by atoms with Gasteiger partial charge >= 0.3 is 33.2 Å². The Morgan fingerprint density at radius 3 is 2.10 bits per heavy atom. The number of rotatable bonds is 11. The molecule has 0 spiro atoms. The monoisotopic (exact) mass is 621 g/mol. The molecular weight excluding hydrogens is 594 g/mol. The average Bonchev–Trinajstić information content (AvgIpc) is 3.14. The molecule has 1 aromatic carbocycles. The Bertz CT molecular complexity index is 1380. The maximum absolute atomic E-state index is 13.8. The Morgan fingerprint density at radius 2 is 1.55 bits per heavy atom. The van der Waals surface area contributed by atoms with Crippen molar-refractivity contribution >= 4 is 33.9 Å². The van der Waals surface area contributed by atoms with Crippen molar-refractivity contribution in [3.63, 3.8) is 0 Å². The lowest BCUT2D eigenvalue weighted by Gasteiger charge is -2.60. The molecule has 11 nitrogen and oxygen atoms in total. The van der Waals surface area contributed by atoms with Gasteiger partial charge in [0.15, 0.2) is 6.73 Å². The number of halogens is 4. The minimum Gasteiger partial charge on any atom is -0.465 e. The van der Waals surface area contributed by atoms with Crippen LogP contribution in [-0.4, -0.2) is 78.3 Å². The number of carbonyl (C=O) groups is 4. The molecule has 2 atom stereocenters. The highest BCUT2D eigenvalue weighted by atomic mass is 32.2. The van der Waals surface area contributed by atoms with Crippen LogP contribution < -0.4 is 0 Å². The predicted molar refractivity (Wildman–Crippen MR) is 131 cm³/mol. The third kappa shape index (κ3) is 5.17. The third-order valence-corrected chi connectivity index (χ3v) is 9.52. The van der Waals surface area contributed by atoms with E-state index in [2.05, 4.69) is 0 Å². The Morgan fingerprint density at radius 1 is 0.976 bits per heavy atom. The van der Waals surface area contributed by atoms with Gasteiger partial charge in [0.05, 0.1) is 35.2 Å². The molecule has 2 unspecified atom stereocenters. The highest BCUT2D eigenvalue weighted by molar-refractivity contribution is 7.87. The number of nitrogens with zero attached hydrogens (tertiary/aromatic N) is 1. The molecule has 1 aromatic rings. The second-order valence-corrected chi connectivity index (χ2v) is 13.0. The molecule has 4 aliphatic carbocycles. The van der Waals surface area contributed by atoms with E-state index in [1.54, 1.807) is 12.1 Å². The van der Waals surface area contributed by atoms with Crippen molar-refractivity contribution in [3.05, 3.63) is 35.4 Å². The van der Waals surface area contributed by atoms with Crippen molar-refractivity contribution in [1.82, 2.24) is 4.90 Å². The van der Waals surface area contributed by atoms with Crippen molar-refractivity contribution < 1.29 is 63.9 Å². The summed E-state index contributed by atoms with van der Waals surface area (Å²) >= 11 is 0. The molecule has 5 aliphatic rings. The molecule has 4 bridgehead atoms. The summed E-state index contributed by atoms with van der Waals surface area (Å²) < 4.78 is 100. The van der Waals surface area contributed by atoms with Gasteiger partial charge in [-0.2, -0.15) is 26.0 Å². The maximum atomic E-state index is 13.8. The van der Waals surface area contributed by atoms with Crippen LogP contribution in [0.15, 0.2) is 24.3 Å². The van der Waals surface area contributed by atoms with Gasteiger partial charge in [0, 0.05) is 0 Å². The number of carbonyl (C=O) groups excluding carboxylic acids is 4. The van der Waals surface area contributed by atoms with Gasteiger partial charge in [0.1, 0.15) is 6.61 Å². The van der Waals surface area contributed by atoms with Crippen LogP contribution in [-0.2, 0) is 33.9 Å². The zero-order valence-electron chi connectivity index (χ0n) is 22.0. The zero-order valence-corrected chi connectivity index (χ0v) is 22.8. The predicted octanol–water partition coefficient (Wildman–Crippen LogP) is 3.19. The summed E-state index contributed by atoms with van der Waals surface area (Å²) in [6, 6.07) is 6.15. The number of imide groups is 1. The van der Waals surface area contributed by atoms with Gasteiger partial charge in [-0.25, -0.2) is 9.69 Å². The standard InChI is InChI=1S/C26H27F4NO10S/c27-25(28,26(29,30)42(36,37)38)5-6-39-22(35)23-8-15-7-16(9-23)11-24(10-15,13-23)41-12-19(32)40-14-31-20(33)17-3-1-2-4-18(17)21(31)34/h1-4,15-16H,5-14H2,(H,36,37,38). The number of benzene rings is 1. The number of hydrogen-bond donors (Lipinski definition) is 1. The van der Waals surface area contributed by atoms with E-state index in [0.29, 0.717) is 25.7 Å². The second-order valence-electron chi connectivity index (χ2n) is 11.5. The fourth-order valence-electron chi connectivity index (χ4n) is 7.09. The van der Waals surface area contributed by atoms with Crippen molar-refractivity contribution in [1.29, 1.82) is 0 Å². The zero-order chi connectivity index (χ0) is 30.7. The van der Waals surface area contributed by atoms with Gasteiger partial charge in [-0.3, -0.25) is 18.9 Å². The molecule has 4 fully saturated rings. The summed E-state index contributed by atoms with van der Waals surface area (Å²) in [5.74, 6) is -8.21. The van der Waals surface area contributed by atoms with Gasteiger partial charge < -0.3 is 14.2 Å². The molecule has 1 N–H and O–H groups in total. The number of esters is 2. The van der Waals surface area contributed by atoms with Gasteiger partial charge in [-0.1, -0.05) is 12.1 Å². The van der Waals surface area contributed by atoms with Crippen molar-refractivity contribution in [2.24, 2.45) is 17.3 Å². The highest BCUT2D eigenvalue weighted by Crippen LogP contribution is 2.63. The van der Waals surface area contributed by atoms with E-state index in [-0.39, 0.29) is 29.4 Å². The van der Waals surface area contributed by atoms with E-state index in [9.17, 15) is 45.2 Å². The first-order valence-electron chi connectivity index (χ1n) is 13.1. The third-order valence-electron chi connectivity index (χ3n) is 8.57. The van der Waals surface area contributed by atoms with E-state index in [4.69, 9.17) is 18.8 Å². The topological polar surface area (TPSA) is 154 Å². The second kappa shape index (κ2) is 10.3. The van der Waals surface area contributed by atoms with Crippen LogP contribution in [0.25, 0.3) is 0 Å². The summed E-state index contributed by atoms with van der Waals surface area (Å²) in [4.78, 5) is 51.3. The molecule has 2 amide bonds. The number of alkyl halides is 4. The summed E-state index contributed by atoms with van der Waals surface area (Å²) in [5, 5.41) is -5.76. The van der Waals surface area contributed by atoms with Crippen LogP contribution in [0, 0.1) is 17.3 Å². The quantitative estimate of drug-likeness (QED) is 0.169. The van der Waals surface area contributed by atoms with Gasteiger partial charge in [-0.15, -0.1) is 0 Å². The lowest BCUT2D eigenvalue weighted by molar-refractivity contribution is -0.216. The molecule has 1 heterocycles. The van der Waals surface area contributed by atoms with E-state index in [1.165, 1.54) is 12.1 Å². The maximum Gasteiger partial charge on any atom is 0.431 e. The Balaban J connectivity index is 1.17. The minimum atomic E-state index is -6.41. The largest absolute Gasteiger partial charge is 0.465 e. The molecule has 0 radical (unpaired) electrons. The van der Waals surface area contributed by atoms with E-state index in [0.717, 1.165) is 11.3 Å². The van der Waals surface area contributed by atoms with Crippen LogP contribution in [0.3, 0.4) is 0 Å². The lowest BCUT2D eigenvalue weighted by Crippen LogP contribution is -2.60. The molecule has 230 valence electrons. The first kappa shape index (κ1) is 30.4. The van der Waals surface area contributed by atoms with Crippen LogP contribution in [0.5, 0.6) is 0 Å². The van der Waals surface area contributed by atoms with Crippen LogP contribution in [0.2, 0.25) is 0 Å². The van der Waals surface area contributed by atoms with E-state index < -0.39 is 82.4 Å². The van der Waals surface area contributed by atoms with Crippen LogP contribution >= 0.6 is 0 Å². The van der Waals surface area contributed by atoms with E-state index in [1.807, 2.05) is 0 Å². The molecule has 6 rings (SSSR count). The molecule has 1 aliphatic heterocycles. The highest BCUT2D eigenvalue weighted by Gasteiger charge is 2.66. The summed E-state index contributed by atoms with van der Waals surface area (Å²) in [7, 11) is -6.41. The molecular formula is C26H27F4NO10S. The number of hydrogen-bond acceptors (Lipinski definition) is 9. The van der Waals surface area contributed by atoms with Gasteiger partial charge in [0.2, 0.25) is 0 Å². The smallest absolute Gasteiger partial charge is 0.431 e. The van der Waals surface area contributed by atoms with Crippen molar-refractivity contribution in [3.8, 4) is 0 Å². The Labute approximate surface area is 237 Å². The normalized spacial score (nSPS) is 28.6. The number of amides is 2. The van der Waals surface area contributed by atoms with Crippen LogP contribution in [0.1, 0.15) is 65.7 Å². The molecule has 16 heteroatoms. The molecule has 0 aromatic heterocycles. The first-order valence-corrected chi connectivity index (χ1v) is 14.6. The average molecular weight is 622 g/mol. The number of ether oxygens (including phenoxy) is 3. The number of fused-ring (bicyclic) bond motifs is 1. The van der Waals surface area contributed by atoms with Gasteiger partial charge in [0.25, 0.3) is 11.8 Å². The summed E-state index contributed by atoms with van der Waals surface area (Å²) in [6.45, 7) is -2.39. The first-order chi connectivity index (χ1) is 19.5. The minimum absolute atomic E-state index is 0.0153. The fraction of sp³-hybridized carbons (Fsp3) is 0.615. The molecule has 0 saturated heterocycles. The summed E-state index contributed by atoms with van der Waals surface area (Å²) in [5.41, 5.74) is -1.73. The van der Waals surface area contributed by atoms with Crippen molar-refractivity contribution in [2.75, 3.05) is 19.9 Å². The van der Waals surface area contributed by atoms with Crippen LogP contribution in [0.4, 0.5) is 17.6 Å². The van der Waals surface area contributed by atoms with Crippen molar-refractivity contribution in [2.45, 2.75) is 61.7 Å². The fourth-order valence-corrected chi connectivity index (χ4v) is 7.57. The summed E-state index contributed by atoms with van der Waals surface area (Å²) in [6.07, 6.45) is 0.698. The van der Waals surface area contributed by atoms with E-state index >= 15 is 0 Å². The molecule has 42 heavy (non-hydrogen) atoms.